The van der Waals surface area contributed by atoms with Gasteiger partial charge in [-0.15, -0.1) is 0 Å². The Labute approximate surface area is 124 Å². The van der Waals surface area contributed by atoms with E-state index in [9.17, 15) is 0 Å². The Hall–Kier alpha value is -1.66. The lowest BCUT2D eigenvalue weighted by molar-refractivity contribution is 0.561. The minimum absolute atomic E-state index is 0.690. The average Bonchev–Trinajstić information content (AvgIpc) is 3.16. The van der Waals surface area contributed by atoms with E-state index >= 15 is 0 Å². The molecular formula is C15H22N6. The molecule has 2 aromatic rings. The zero-order chi connectivity index (χ0) is 14.1. The van der Waals surface area contributed by atoms with Crippen molar-refractivity contribution in [3.63, 3.8) is 0 Å². The lowest BCUT2D eigenvalue weighted by Gasteiger charge is -2.29. The standard InChI is InChI=1S/C15H22N6/c1-3-17-11-12(1)9-14-18-15-10-13(2-6-21(15)19-14)20-7-4-16-5-8-20/h2,6,10,12,16-17H,1,3-5,7-9,11H2. The Morgan fingerprint density at radius 2 is 2.10 bits per heavy atom. The highest BCUT2D eigenvalue weighted by Crippen LogP contribution is 2.18. The van der Waals surface area contributed by atoms with Crippen LogP contribution in [0.15, 0.2) is 18.3 Å². The van der Waals surface area contributed by atoms with Crippen molar-refractivity contribution in [2.45, 2.75) is 12.8 Å². The number of rotatable bonds is 3. The first-order valence-electron chi connectivity index (χ1n) is 7.90. The molecule has 2 saturated heterocycles. The van der Waals surface area contributed by atoms with Gasteiger partial charge >= 0.3 is 0 Å². The molecule has 1 unspecified atom stereocenters. The van der Waals surface area contributed by atoms with Gasteiger partial charge in [0.05, 0.1) is 0 Å². The van der Waals surface area contributed by atoms with E-state index in [1.54, 1.807) is 0 Å². The predicted octanol–water partition coefficient (Wildman–Crippen LogP) is 0.291. The summed E-state index contributed by atoms with van der Waals surface area (Å²) in [6, 6.07) is 4.31. The van der Waals surface area contributed by atoms with Crippen molar-refractivity contribution in [3.8, 4) is 0 Å². The molecule has 0 aliphatic carbocycles. The summed E-state index contributed by atoms with van der Waals surface area (Å²) in [6.07, 6.45) is 4.26. The number of hydrogen-bond donors (Lipinski definition) is 2. The SMILES string of the molecule is c1cn2nc(CC3CCNC3)nc2cc1N1CCNCC1. The number of piperazine rings is 1. The molecule has 0 aromatic carbocycles. The highest BCUT2D eigenvalue weighted by atomic mass is 15.3. The number of nitrogens with zero attached hydrogens (tertiary/aromatic N) is 4. The highest BCUT2D eigenvalue weighted by molar-refractivity contribution is 5.56. The first kappa shape index (κ1) is 13.0. The van der Waals surface area contributed by atoms with Gasteiger partial charge in [-0.25, -0.2) is 9.50 Å². The molecule has 2 fully saturated rings. The van der Waals surface area contributed by atoms with Gasteiger partial charge in [-0.05, 0) is 31.5 Å². The summed E-state index contributed by atoms with van der Waals surface area (Å²) in [7, 11) is 0. The number of pyridine rings is 1. The van der Waals surface area contributed by atoms with E-state index in [1.807, 2.05) is 10.7 Å². The summed E-state index contributed by atoms with van der Waals surface area (Å²) in [5.74, 6) is 1.66. The molecule has 6 nitrogen and oxygen atoms in total. The first-order chi connectivity index (χ1) is 10.4. The molecule has 0 bridgehead atoms. The second kappa shape index (κ2) is 5.61. The first-order valence-corrected chi connectivity index (χ1v) is 7.90. The van der Waals surface area contributed by atoms with Crippen molar-refractivity contribution in [1.29, 1.82) is 0 Å². The summed E-state index contributed by atoms with van der Waals surface area (Å²) in [5, 5.41) is 11.4. The van der Waals surface area contributed by atoms with Gasteiger partial charge in [0, 0.05) is 50.6 Å². The summed E-state index contributed by atoms with van der Waals surface area (Å²) in [6.45, 7) is 6.46. The van der Waals surface area contributed by atoms with Gasteiger partial charge in [-0.3, -0.25) is 0 Å². The summed E-state index contributed by atoms with van der Waals surface area (Å²) in [4.78, 5) is 7.12. The molecule has 0 spiro atoms. The van der Waals surface area contributed by atoms with Crippen LogP contribution in [0, 0.1) is 5.92 Å². The molecule has 0 radical (unpaired) electrons. The van der Waals surface area contributed by atoms with Crippen LogP contribution in [0.5, 0.6) is 0 Å². The van der Waals surface area contributed by atoms with E-state index in [1.165, 1.54) is 12.1 Å². The van der Waals surface area contributed by atoms with Gasteiger partial charge in [0.25, 0.3) is 0 Å². The van der Waals surface area contributed by atoms with Crippen LogP contribution in [0.25, 0.3) is 5.65 Å². The lowest BCUT2D eigenvalue weighted by Crippen LogP contribution is -2.43. The second-order valence-corrected chi connectivity index (χ2v) is 6.02. The van der Waals surface area contributed by atoms with Gasteiger partial charge in [-0.1, -0.05) is 0 Å². The molecule has 0 amide bonds. The van der Waals surface area contributed by atoms with E-state index in [-0.39, 0.29) is 0 Å². The number of anilines is 1. The van der Waals surface area contributed by atoms with E-state index in [4.69, 9.17) is 4.98 Å². The minimum Gasteiger partial charge on any atom is -0.369 e. The third-order valence-electron chi connectivity index (χ3n) is 4.48. The van der Waals surface area contributed by atoms with Crippen molar-refractivity contribution < 1.29 is 0 Å². The molecule has 2 aliphatic rings. The monoisotopic (exact) mass is 286 g/mol. The van der Waals surface area contributed by atoms with Crippen LogP contribution >= 0.6 is 0 Å². The van der Waals surface area contributed by atoms with Crippen LogP contribution in [0.3, 0.4) is 0 Å². The largest absolute Gasteiger partial charge is 0.369 e. The number of hydrogen-bond acceptors (Lipinski definition) is 5. The number of fused-ring (bicyclic) bond motifs is 1. The highest BCUT2D eigenvalue weighted by Gasteiger charge is 2.18. The molecule has 112 valence electrons. The summed E-state index contributed by atoms with van der Waals surface area (Å²) in [5.41, 5.74) is 2.22. The summed E-state index contributed by atoms with van der Waals surface area (Å²) >= 11 is 0. The molecule has 2 aliphatic heterocycles. The zero-order valence-corrected chi connectivity index (χ0v) is 12.3. The fourth-order valence-electron chi connectivity index (χ4n) is 3.27. The smallest absolute Gasteiger partial charge is 0.157 e. The van der Waals surface area contributed by atoms with Gasteiger partial charge in [-0.2, -0.15) is 5.10 Å². The third kappa shape index (κ3) is 2.73. The van der Waals surface area contributed by atoms with Gasteiger partial charge < -0.3 is 15.5 Å². The van der Waals surface area contributed by atoms with Crippen LogP contribution in [0.1, 0.15) is 12.2 Å². The van der Waals surface area contributed by atoms with Crippen LogP contribution in [0.4, 0.5) is 5.69 Å². The molecule has 6 heteroatoms. The molecule has 0 saturated carbocycles. The maximum atomic E-state index is 4.71. The van der Waals surface area contributed by atoms with E-state index in [2.05, 4.69) is 32.8 Å². The number of nitrogens with one attached hydrogen (secondary N) is 2. The quantitative estimate of drug-likeness (QED) is 0.849. The van der Waals surface area contributed by atoms with Crippen molar-refractivity contribution in [2.75, 3.05) is 44.2 Å². The van der Waals surface area contributed by atoms with E-state index in [0.29, 0.717) is 5.92 Å². The predicted molar refractivity (Wildman–Crippen MR) is 82.8 cm³/mol. The fraction of sp³-hybridized carbons (Fsp3) is 0.600. The van der Waals surface area contributed by atoms with Crippen molar-refractivity contribution in [3.05, 3.63) is 24.2 Å². The Morgan fingerprint density at radius 3 is 2.90 bits per heavy atom. The average molecular weight is 286 g/mol. The topological polar surface area (TPSA) is 57.5 Å². The van der Waals surface area contributed by atoms with Crippen LogP contribution in [-0.4, -0.2) is 53.9 Å². The minimum atomic E-state index is 0.690. The molecule has 4 rings (SSSR count). The van der Waals surface area contributed by atoms with Gasteiger partial charge in [0.15, 0.2) is 11.5 Å². The third-order valence-corrected chi connectivity index (χ3v) is 4.48. The fourth-order valence-corrected chi connectivity index (χ4v) is 3.27. The van der Waals surface area contributed by atoms with Gasteiger partial charge in [0.1, 0.15) is 0 Å². The Bertz CT molecular complexity index is 610. The Balaban J connectivity index is 1.55. The second-order valence-electron chi connectivity index (χ2n) is 6.02. The molecular weight excluding hydrogens is 264 g/mol. The van der Waals surface area contributed by atoms with E-state index < -0.39 is 0 Å². The maximum absolute atomic E-state index is 4.71. The zero-order valence-electron chi connectivity index (χ0n) is 12.3. The van der Waals surface area contributed by atoms with Crippen LogP contribution in [-0.2, 0) is 6.42 Å². The Kier molecular flexibility index (Phi) is 3.48. The molecule has 1 atom stereocenters. The molecule has 2 aromatic heterocycles. The normalized spacial score (nSPS) is 23.0. The molecule has 21 heavy (non-hydrogen) atoms. The van der Waals surface area contributed by atoms with E-state index in [0.717, 1.165) is 57.2 Å². The van der Waals surface area contributed by atoms with Crippen LogP contribution < -0.4 is 15.5 Å². The van der Waals surface area contributed by atoms with Gasteiger partial charge in [0.2, 0.25) is 0 Å². The van der Waals surface area contributed by atoms with Crippen molar-refractivity contribution in [1.82, 2.24) is 25.2 Å². The lowest BCUT2D eigenvalue weighted by atomic mass is 10.1. The Morgan fingerprint density at radius 1 is 1.19 bits per heavy atom. The van der Waals surface area contributed by atoms with Crippen molar-refractivity contribution >= 4 is 11.3 Å². The van der Waals surface area contributed by atoms with Crippen molar-refractivity contribution in [2.24, 2.45) is 5.92 Å². The summed E-state index contributed by atoms with van der Waals surface area (Å²) < 4.78 is 1.91. The number of aromatic nitrogens is 3. The van der Waals surface area contributed by atoms with Crippen LogP contribution in [0.2, 0.25) is 0 Å². The molecule has 2 N–H and O–H groups in total. The maximum Gasteiger partial charge on any atom is 0.157 e. The molecule has 4 heterocycles.